The molecule has 1 aromatic rings. The second kappa shape index (κ2) is 10.1. The Kier molecular flexibility index (Phi) is 8.32. The lowest BCUT2D eigenvalue weighted by atomic mass is 10.0. The second-order valence-electron chi connectivity index (χ2n) is 5.16. The van der Waals surface area contributed by atoms with E-state index in [0.717, 1.165) is 32.6 Å². The first-order chi connectivity index (χ1) is 10.2. The van der Waals surface area contributed by atoms with E-state index in [1.165, 1.54) is 11.1 Å². The molecule has 1 aromatic carbocycles. The molecule has 0 aliphatic heterocycles. The fraction of sp³-hybridized carbons (Fsp3) is 0.389. The molecule has 114 valence electrons. The summed E-state index contributed by atoms with van der Waals surface area (Å²) >= 11 is 0. The number of nitrogens with zero attached hydrogens (tertiary/aromatic N) is 1. The van der Waals surface area contributed by atoms with E-state index in [9.17, 15) is 4.79 Å². The second-order valence-corrected chi connectivity index (χ2v) is 5.16. The molecule has 0 spiro atoms. The van der Waals surface area contributed by atoms with E-state index < -0.39 is 0 Å². The maximum atomic E-state index is 11.0. The maximum Gasteiger partial charge on any atom is 0.143 e. The Balaban J connectivity index is 2.58. The van der Waals surface area contributed by atoms with Crippen LogP contribution >= 0.6 is 0 Å². The summed E-state index contributed by atoms with van der Waals surface area (Å²) in [7, 11) is 0. The molecule has 0 aliphatic rings. The summed E-state index contributed by atoms with van der Waals surface area (Å²) in [6, 6.07) is 8.38. The number of hydrogen-bond acceptors (Lipinski definition) is 3. The summed E-state index contributed by atoms with van der Waals surface area (Å²) in [6.07, 6.45) is 4.83. The third-order valence-electron chi connectivity index (χ3n) is 3.28. The van der Waals surface area contributed by atoms with Gasteiger partial charge in [-0.2, -0.15) is 0 Å². The van der Waals surface area contributed by atoms with Crippen LogP contribution in [-0.4, -0.2) is 36.9 Å². The van der Waals surface area contributed by atoms with Crippen molar-refractivity contribution in [3.63, 3.8) is 0 Å². The van der Waals surface area contributed by atoms with Gasteiger partial charge in [0, 0.05) is 26.2 Å². The maximum absolute atomic E-state index is 11.0. The van der Waals surface area contributed by atoms with Crippen molar-refractivity contribution < 1.29 is 4.79 Å². The van der Waals surface area contributed by atoms with Crippen LogP contribution in [0.25, 0.3) is 0 Å². The minimum absolute atomic E-state index is 0.163. The zero-order valence-electron chi connectivity index (χ0n) is 13.0. The van der Waals surface area contributed by atoms with Gasteiger partial charge in [-0.25, -0.2) is 0 Å². The van der Waals surface area contributed by atoms with E-state index in [4.69, 9.17) is 0 Å². The van der Waals surface area contributed by atoms with Crippen LogP contribution in [0.1, 0.15) is 18.1 Å². The Bertz CT molecular complexity index is 458. The fourth-order valence-corrected chi connectivity index (χ4v) is 2.25. The molecule has 0 amide bonds. The highest BCUT2D eigenvalue weighted by atomic mass is 16.1. The SMILES string of the molecule is C=CCN(CC=C)CCc1ccccc1CNCC(C)=O. The molecule has 3 nitrogen and oxygen atoms in total. The number of nitrogens with one attached hydrogen (secondary N) is 1. The first kappa shape index (κ1) is 17.3. The molecule has 1 rings (SSSR count). The van der Waals surface area contributed by atoms with Gasteiger partial charge in [0.25, 0.3) is 0 Å². The zero-order valence-corrected chi connectivity index (χ0v) is 13.0. The van der Waals surface area contributed by atoms with Crippen LogP contribution in [0, 0.1) is 0 Å². The normalized spacial score (nSPS) is 10.6. The molecule has 21 heavy (non-hydrogen) atoms. The zero-order chi connectivity index (χ0) is 15.5. The van der Waals surface area contributed by atoms with Crippen molar-refractivity contribution in [3.05, 3.63) is 60.7 Å². The molecular weight excluding hydrogens is 260 g/mol. The average Bonchev–Trinajstić information content (AvgIpc) is 2.46. The monoisotopic (exact) mass is 286 g/mol. The molecule has 0 saturated carbocycles. The highest BCUT2D eigenvalue weighted by molar-refractivity contribution is 5.77. The highest BCUT2D eigenvalue weighted by Gasteiger charge is 2.05. The molecule has 0 bridgehead atoms. The number of rotatable bonds is 11. The van der Waals surface area contributed by atoms with Crippen molar-refractivity contribution >= 4 is 5.78 Å². The van der Waals surface area contributed by atoms with E-state index in [1.807, 2.05) is 18.2 Å². The summed E-state index contributed by atoms with van der Waals surface area (Å²) in [5.74, 6) is 0.163. The molecule has 0 heterocycles. The Hall–Kier alpha value is -1.71. The fourth-order valence-electron chi connectivity index (χ4n) is 2.25. The molecule has 0 unspecified atom stereocenters. The van der Waals surface area contributed by atoms with Gasteiger partial charge in [0.1, 0.15) is 5.78 Å². The van der Waals surface area contributed by atoms with E-state index in [0.29, 0.717) is 6.54 Å². The van der Waals surface area contributed by atoms with Crippen LogP contribution in [0.3, 0.4) is 0 Å². The standard InChI is InChI=1S/C18H26N2O/c1-4-11-20(12-5-2)13-10-17-8-6-7-9-18(17)15-19-14-16(3)21/h4-9,19H,1-2,10-15H2,3H3. The summed E-state index contributed by atoms with van der Waals surface area (Å²) in [4.78, 5) is 13.3. The first-order valence-electron chi connectivity index (χ1n) is 7.38. The molecule has 0 aromatic heterocycles. The Morgan fingerprint density at radius 2 is 1.81 bits per heavy atom. The average molecular weight is 286 g/mol. The van der Waals surface area contributed by atoms with Gasteiger partial charge in [0.05, 0.1) is 6.54 Å². The van der Waals surface area contributed by atoms with Gasteiger partial charge in [-0.05, 0) is 24.5 Å². The largest absolute Gasteiger partial charge is 0.306 e. The highest BCUT2D eigenvalue weighted by Crippen LogP contribution is 2.10. The summed E-state index contributed by atoms with van der Waals surface area (Å²) in [5.41, 5.74) is 2.59. The lowest BCUT2D eigenvalue weighted by molar-refractivity contribution is -0.116. The van der Waals surface area contributed by atoms with Gasteiger partial charge in [-0.1, -0.05) is 36.4 Å². The molecule has 0 fully saturated rings. The Morgan fingerprint density at radius 1 is 1.19 bits per heavy atom. The predicted octanol–water partition coefficient (Wildman–Crippen LogP) is 2.58. The molecular formula is C18H26N2O. The third kappa shape index (κ3) is 7.02. The van der Waals surface area contributed by atoms with Crippen molar-refractivity contribution in [1.82, 2.24) is 10.2 Å². The van der Waals surface area contributed by atoms with Crippen LogP contribution in [0.5, 0.6) is 0 Å². The van der Waals surface area contributed by atoms with Crippen molar-refractivity contribution in [2.45, 2.75) is 19.9 Å². The lowest BCUT2D eigenvalue weighted by Crippen LogP contribution is -2.27. The van der Waals surface area contributed by atoms with Gasteiger partial charge in [0.15, 0.2) is 0 Å². The summed E-state index contributed by atoms with van der Waals surface area (Å²) in [5, 5.41) is 3.18. The number of benzene rings is 1. The van der Waals surface area contributed by atoms with Gasteiger partial charge in [-0.15, -0.1) is 13.2 Å². The van der Waals surface area contributed by atoms with Crippen LogP contribution in [-0.2, 0) is 17.8 Å². The van der Waals surface area contributed by atoms with Crippen molar-refractivity contribution in [3.8, 4) is 0 Å². The Labute approximate surface area is 128 Å². The van der Waals surface area contributed by atoms with E-state index in [-0.39, 0.29) is 5.78 Å². The summed E-state index contributed by atoms with van der Waals surface area (Å²) < 4.78 is 0. The quantitative estimate of drug-likeness (QED) is 0.635. The van der Waals surface area contributed by atoms with Crippen molar-refractivity contribution in [1.29, 1.82) is 0 Å². The smallest absolute Gasteiger partial charge is 0.143 e. The molecule has 0 atom stereocenters. The topological polar surface area (TPSA) is 32.3 Å². The lowest BCUT2D eigenvalue weighted by Gasteiger charge is -2.19. The van der Waals surface area contributed by atoms with E-state index in [1.54, 1.807) is 6.92 Å². The van der Waals surface area contributed by atoms with Gasteiger partial charge in [0.2, 0.25) is 0 Å². The molecule has 1 N–H and O–H groups in total. The first-order valence-corrected chi connectivity index (χ1v) is 7.38. The summed E-state index contributed by atoms with van der Waals surface area (Å²) in [6.45, 7) is 13.1. The molecule has 0 aliphatic carbocycles. The number of carbonyl (C=O) groups excluding carboxylic acids is 1. The van der Waals surface area contributed by atoms with Crippen LogP contribution in [0.4, 0.5) is 0 Å². The molecule has 3 heteroatoms. The third-order valence-corrected chi connectivity index (χ3v) is 3.28. The number of ketones is 1. The minimum atomic E-state index is 0.163. The Morgan fingerprint density at radius 3 is 2.38 bits per heavy atom. The van der Waals surface area contributed by atoms with Crippen molar-refractivity contribution in [2.75, 3.05) is 26.2 Å². The molecule has 0 saturated heterocycles. The van der Waals surface area contributed by atoms with E-state index >= 15 is 0 Å². The van der Waals surface area contributed by atoms with Crippen LogP contribution in [0.2, 0.25) is 0 Å². The van der Waals surface area contributed by atoms with Crippen molar-refractivity contribution in [2.24, 2.45) is 0 Å². The number of Topliss-reactive ketones (excluding diaryl/α,β-unsaturated/α-hetero) is 1. The number of carbonyl (C=O) groups is 1. The minimum Gasteiger partial charge on any atom is -0.306 e. The number of hydrogen-bond donors (Lipinski definition) is 1. The van der Waals surface area contributed by atoms with E-state index in [2.05, 4.69) is 41.6 Å². The van der Waals surface area contributed by atoms with Crippen LogP contribution in [0.15, 0.2) is 49.6 Å². The predicted molar refractivity (Wildman–Crippen MR) is 89.4 cm³/mol. The van der Waals surface area contributed by atoms with Gasteiger partial charge in [-0.3, -0.25) is 9.69 Å². The van der Waals surface area contributed by atoms with Crippen LogP contribution < -0.4 is 5.32 Å². The molecule has 0 radical (unpaired) electrons. The van der Waals surface area contributed by atoms with Gasteiger partial charge >= 0.3 is 0 Å². The van der Waals surface area contributed by atoms with Gasteiger partial charge < -0.3 is 5.32 Å².